The first kappa shape index (κ1) is 10.3. The normalized spacial score (nSPS) is 12.8. The lowest BCUT2D eigenvalue weighted by Gasteiger charge is -2.16. The topological polar surface area (TPSA) is 9.23 Å². The summed E-state index contributed by atoms with van der Waals surface area (Å²) in [6, 6.07) is 10.4. The van der Waals surface area contributed by atoms with Gasteiger partial charge in [0.2, 0.25) is 0 Å². The summed E-state index contributed by atoms with van der Waals surface area (Å²) in [5.74, 6) is 0. The molecule has 0 saturated heterocycles. The molecule has 0 aliphatic rings. The van der Waals surface area contributed by atoms with E-state index in [4.69, 9.17) is 4.74 Å². The van der Waals surface area contributed by atoms with E-state index in [-0.39, 0.29) is 6.10 Å². The number of rotatable bonds is 5. The van der Waals surface area contributed by atoms with E-state index in [2.05, 4.69) is 31.2 Å². The third-order valence-corrected chi connectivity index (χ3v) is 2.09. The van der Waals surface area contributed by atoms with Gasteiger partial charge in [-0.2, -0.15) is 0 Å². The van der Waals surface area contributed by atoms with Crippen molar-refractivity contribution in [1.82, 2.24) is 0 Å². The first-order valence-electron chi connectivity index (χ1n) is 5.05. The van der Waals surface area contributed by atoms with Gasteiger partial charge in [0.25, 0.3) is 0 Å². The summed E-state index contributed by atoms with van der Waals surface area (Å²) in [6.45, 7) is 5.03. The standard InChI is InChI=1S/C12H18O/c1-3-8-12(13-4-2)11-9-6-5-7-10-11/h5-7,9-10,12H,3-4,8H2,1-2H3. The fourth-order valence-corrected chi connectivity index (χ4v) is 1.48. The van der Waals surface area contributed by atoms with Crippen molar-refractivity contribution in [3.63, 3.8) is 0 Å². The molecule has 1 aromatic rings. The van der Waals surface area contributed by atoms with Gasteiger partial charge in [-0.25, -0.2) is 0 Å². The molecule has 0 aromatic heterocycles. The molecule has 13 heavy (non-hydrogen) atoms. The van der Waals surface area contributed by atoms with Crippen molar-refractivity contribution in [3.8, 4) is 0 Å². The lowest BCUT2D eigenvalue weighted by Crippen LogP contribution is -2.03. The summed E-state index contributed by atoms with van der Waals surface area (Å²) in [5, 5.41) is 0. The van der Waals surface area contributed by atoms with Crippen LogP contribution in [-0.4, -0.2) is 6.61 Å². The molecule has 0 bridgehead atoms. The van der Waals surface area contributed by atoms with E-state index in [1.54, 1.807) is 0 Å². The molecule has 0 heterocycles. The van der Waals surface area contributed by atoms with Crippen LogP contribution in [-0.2, 0) is 4.74 Å². The van der Waals surface area contributed by atoms with E-state index in [9.17, 15) is 0 Å². The summed E-state index contributed by atoms with van der Waals surface area (Å²) in [5.41, 5.74) is 1.30. The fraction of sp³-hybridized carbons (Fsp3) is 0.500. The highest BCUT2D eigenvalue weighted by molar-refractivity contribution is 5.17. The van der Waals surface area contributed by atoms with Crippen molar-refractivity contribution in [1.29, 1.82) is 0 Å². The second-order valence-corrected chi connectivity index (χ2v) is 3.14. The first-order valence-corrected chi connectivity index (χ1v) is 5.05. The second-order valence-electron chi connectivity index (χ2n) is 3.14. The Morgan fingerprint density at radius 3 is 2.38 bits per heavy atom. The monoisotopic (exact) mass is 178 g/mol. The molecule has 0 aliphatic carbocycles. The maximum atomic E-state index is 5.67. The molecule has 0 saturated carbocycles. The molecule has 1 nitrogen and oxygen atoms in total. The van der Waals surface area contributed by atoms with Crippen molar-refractivity contribution in [2.75, 3.05) is 6.61 Å². The molecule has 1 rings (SSSR count). The molecule has 0 radical (unpaired) electrons. The third kappa shape index (κ3) is 3.19. The molecule has 1 unspecified atom stereocenters. The van der Waals surface area contributed by atoms with Gasteiger partial charge < -0.3 is 4.74 Å². The summed E-state index contributed by atoms with van der Waals surface area (Å²) in [4.78, 5) is 0. The molecule has 0 spiro atoms. The number of ether oxygens (including phenoxy) is 1. The zero-order valence-electron chi connectivity index (χ0n) is 8.49. The molecule has 0 N–H and O–H groups in total. The van der Waals surface area contributed by atoms with Gasteiger partial charge in [-0.05, 0) is 18.9 Å². The van der Waals surface area contributed by atoms with E-state index in [1.165, 1.54) is 12.0 Å². The Morgan fingerprint density at radius 1 is 1.15 bits per heavy atom. The largest absolute Gasteiger partial charge is 0.374 e. The predicted octanol–water partition coefficient (Wildman–Crippen LogP) is 3.56. The van der Waals surface area contributed by atoms with Gasteiger partial charge in [0.1, 0.15) is 0 Å². The van der Waals surface area contributed by atoms with Crippen LogP contribution in [0.3, 0.4) is 0 Å². The number of benzene rings is 1. The zero-order chi connectivity index (χ0) is 9.52. The smallest absolute Gasteiger partial charge is 0.0824 e. The number of hydrogen-bond acceptors (Lipinski definition) is 1. The first-order chi connectivity index (χ1) is 6.38. The van der Waals surface area contributed by atoms with Gasteiger partial charge in [-0.3, -0.25) is 0 Å². The Bertz CT molecular complexity index is 212. The summed E-state index contributed by atoms with van der Waals surface area (Å²) in [6.07, 6.45) is 2.56. The summed E-state index contributed by atoms with van der Waals surface area (Å²) in [7, 11) is 0. The lowest BCUT2D eigenvalue weighted by atomic mass is 10.1. The van der Waals surface area contributed by atoms with E-state index in [0.29, 0.717) is 0 Å². The lowest BCUT2D eigenvalue weighted by molar-refractivity contribution is 0.0557. The Balaban J connectivity index is 2.64. The second kappa shape index (κ2) is 5.76. The van der Waals surface area contributed by atoms with Crippen LogP contribution in [0.15, 0.2) is 30.3 Å². The summed E-state index contributed by atoms with van der Waals surface area (Å²) < 4.78 is 5.67. The molecular weight excluding hydrogens is 160 g/mol. The molecule has 0 amide bonds. The maximum Gasteiger partial charge on any atom is 0.0824 e. The number of hydrogen-bond donors (Lipinski definition) is 0. The Morgan fingerprint density at radius 2 is 1.85 bits per heavy atom. The molecule has 1 heteroatoms. The SMILES string of the molecule is CCCC(OCC)c1ccccc1. The van der Waals surface area contributed by atoms with Crippen LogP contribution in [0.25, 0.3) is 0 Å². The fourth-order valence-electron chi connectivity index (χ4n) is 1.48. The Kier molecular flexibility index (Phi) is 4.55. The van der Waals surface area contributed by atoms with Crippen LogP contribution in [0.1, 0.15) is 38.4 Å². The Hall–Kier alpha value is -0.820. The van der Waals surface area contributed by atoms with Gasteiger partial charge in [0.15, 0.2) is 0 Å². The molecule has 72 valence electrons. The van der Waals surface area contributed by atoms with Crippen LogP contribution < -0.4 is 0 Å². The quantitative estimate of drug-likeness (QED) is 0.669. The summed E-state index contributed by atoms with van der Waals surface area (Å²) >= 11 is 0. The van der Waals surface area contributed by atoms with Gasteiger partial charge in [0.05, 0.1) is 6.10 Å². The van der Waals surface area contributed by atoms with Gasteiger partial charge in [-0.15, -0.1) is 0 Å². The highest BCUT2D eigenvalue weighted by Gasteiger charge is 2.08. The van der Waals surface area contributed by atoms with Gasteiger partial charge >= 0.3 is 0 Å². The van der Waals surface area contributed by atoms with Crippen molar-refractivity contribution >= 4 is 0 Å². The van der Waals surface area contributed by atoms with Crippen molar-refractivity contribution in [3.05, 3.63) is 35.9 Å². The van der Waals surface area contributed by atoms with Crippen LogP contribution in [0.2, 0.25) is 0 Å². The molecule has 1 aromatic carbocycles. The van der Waals surface area contributed by atoms with E-state index >= 15 is 0 Å². The van der Waals surface area contributed by atoms with Crippen molar-refractivity contribution in [2.24, 2.45) is 0 Å². The van der Waals surface area contributed by atoms with E-state index < -0.39 is 0 Å². The minimum atomic E-state index is 0.288. The molecule has 0 fully saturated rings. The average molecular weight is 178 g/mol. The zero-order valence-corrected chi connectivity index (χ0v) is 8.49. The third-order valence-electron chi connectivity index (χ3n) is 2.09. The maximum absolute atomic E-state index is 5.67. The van der Waals surface area contributed by atoms with Crippen molar-refractivity contribution in [2.45, 2.75) is 32.8 Å². The molecule has 1 atom stereocenters. The predicted molar refractivity (Wildman–Crippen MR) is 55.7 cm³/mol. The highest BCUT2D eigenvalue weighted by atomic mass is 16.5. The van der Waals surface area contributed by atoms with Crippen LogP contribution in [0, 0.1) is 0 Å². The molecular formula is C12H18O. The minimum absolute atomic E-state index is 0.288. The van der Waals surface area contributed by atoms with Crippen LogP contribution >= 0.6 is 0 Å². The minimum Gasteiger partial charge on any atom is -0.374 e. The Labute approximate surface area is 80.7 Å². The van der Waals surface area contributed by atoms with E-state index in [1.807, 2.05) is 13.0 Å². The van der Waals surface area contributed by atoms with Crippen LogP contribution in [0.4, 0.5) is 0 Å². The van der Waals surface area contributed by atoms with Crippen LogP contribution in [0.5, 0.6) is 0 Å². The van der Waals surface area contributed by atoms with Crippen molar-refractivity contribution < 1.29 is 4.74 Å². The van der Waals surface area contributed by atoms with E-state index in [0.717, 1.165) is 13.0 Å². The molecule has 0 aliphatic heterocycles. The average Bonchev–Trinajstić information content (AvgIpc) is 2.19. The highest BCUT2D eigenvalue weighted by Crippen LogP contribution is 2.21. The van der Waals surface area contributed by atoms with Gasteiger partial charge in [0, 0.05) is 6.61 Å². The van der Waals surface area contributed by atoms with Gasteiger partial charge in [-0.1, -0.05) is 43.7 Å².